The summed E-state index contributed by atoms with van der Waals surface area (Å²) in [5.41, 5.74) is 0. The van der Waals surface area contributed by atoms with Crippen molar-refractivity contribution in [2.45, 2.75) is 20.3 Å². The van der Waals surface area contributed by atoms with Crippen molar-refractivity contribution in [2.24, 2.45) is 11.8 Å². The second kappa shape index (κ2) is 4.52. The molecule has 3 heteroatoms. The molecule has 0 bridgehead atoms. The largest absolute Gasteiger partial charge is 0.356 e. The number of pyridine rings is 1. The van der Waals surface area contributed by atoms with Crippen LogP contribution in [0.5, 0.6) is 0 Å². The van der Waals surface area contributed by atoms with Crippen LogP contribution < -0.4 is 4.90 Å². The van der Waals surface area contributed by atoms with E-state index >= 15 is 0 Å². The lowest BCUT2D eigenvalue weighted by atomic mass is 9.95. The molecule has 1 saturated heterocycles. The molecule has 82 valence electrons. The number of hydrogen-bond acceptors (Lipinski definition) is 2. The zero-order valence-corrected chi connectivity index (χ0v) is 10.9. The first kappa shape index (κ1) is 10.9. The van der Waals surface area contributed by atoms with Crippen LogP contribution in [0.1, 0.15) is 20.3 Å². The molecule has 0 radical (unpaired) electrons. The maximum absolute atomic E-state index is 4.49. The minimum absolute atomic E-state index is 0.780. The molecule has 1 aromatic rings. The minimum atomic E-state index is 0.780. The molecular weight excluding hydrogens is 252 g/mol. The number of aromatic nitrogens is 1. The quantitative estimate of drug-likeness (QED) is 0.765. The normalized spacial score (nSPS) is 21.3. The summed E-state index contributed by atoms with van der Waals surface area (Å²) in [6.45, 7) is 6.92. The molecule has 0 amide bonds. The Bertz CT molecular complexity index is 338. The van der Waals surface area contributed by atoms with Gasteiger partial charge in [-0.2, -0.15) is 0 Å². The van der Waals surface area contributed by atoms with E-state index in [4.69, 9.17) is 0 Å². The van der Waals surface area contributed by atoms with E-state index in [9.17, 15) is 0 Å². The highest BCUT2D eigenvalue weighted by atomic mass is 79.9. The molecule has 2 nitrogen and oxygen atoms in total. The molecule has 1 aliphatic heterocycles. The van der Waals surface area contributed by atoms with E-state index in [1.54, 1.807) is 0 Å². The molecule has 0 aliphatic carbocycles. The fraction of sp³-hybridized carbons (Fsp3) is 0.583. The minimum Gasteiger partial charge on any atom is -0.356 e. The van der Waals surface area contributed by atoms with Crippen molar-refractivity contribution in [1.82, 2.24) is 4.98 Å². The van der Waals surface area contributed by atoms with Gasteiger partial charge < -0.3 is 4.90 Å². The summed E-state index contributed by atoms with van der Waals surface area (Å²) >= 11 is 3.42. The second-order valence-corrected chi connectivity index (χ2v) is 5.37. The van der Waals surface area contributed by atoms with Crippen molar-refractivity contribution >= 4 is 21.7 Å². The Morgan fingerprint density at radius 2 is 2.27 bits per heavy atom. The molecule has 1 unspecified atom stereocenters. The van der Waals surface area contributed by atoms with Crippen molar-refractivity contribution in [3.05, 3.63) is 22.8 Å². The molecule has 2 heterocycles. The fourth-order valence-corrected chi connectivity index (χ4v) is 2.45. The zero-order chi connectivity index (χ0) is 10.8. The van der Waals surface area contributed by atoms with Crippen LogP contribution in [0.25, 0.3) is 0 Å². The molecular formula is C12H17BrN2. The van der Waals surface area contributed by atoms with Gasteiger partial charge in [-0.25, -0.2) is 4.98 Å². The number of hydrogen-bond donors (Lipinski definition) is 0. The first-order chi connectivity index (χ1) is 7.16. The maximum Gasteiger partial charge on any atom is 0.129 e. The Hall–Kier alpha value is -0.570. The van der Waals surface area contributed by atoms with Crippen molar-refractivity contribution in [1.29, 1.82) is 0 Å². The van der Waals surface area contributed by atoms with Gasteiger partial charge in [0.05, 0.1) is 0 Å². The van der Waals surface area contributed by atoms with Crippen molar-refractivity contribution in [3.8, 4) is 0 Å². The first-order valence-corrected chi connectivity index (χ1v) is 6.33. The van der Waals surface area contributed by atoms with E-state index < -0.39 is 0 Å². The highest BCUT2D eigenvalue weighted by molar-refractivity contribution is 9.10. The number of rotatable bonds is 2. The van der Waals surface area contributed by atoms with Crippen LogP contribution in [0, 0.1) is 11.8 Å². The van der Waals surface area contributed by atoms with Gasteiger partial charge in [-0.05, 0) is 46.3 Å². The molecule has 15 heavy (non-hydrogen) atoms. The number of nitrogens with zero attached hydrogens (tertiary/aromatic N) is 2. The molecule has 2 rings (SSSR count). The van der Waals surface area contributed by atoms with Gasteiger partial charge >= 0.3 is 0 Å². The fourth-order valence-electron chi connectivity index (χ4n) is 2.11. The summed E-state index contributed by atoms with van der Waals surface area (Å²) in [5.74, 6) is 2.71. The highest BCUT2D eigenvalue weighted by Crippen LogP contribution is 2.27. The Labute approximate surface area is 99.8 Å². The number of halogens is 1. The van der Waals surface area contributed by atoms with Crippen LogP contribution in [-0.4, -0.2) is 18.1 Å². The van der Waals surface area contributed by atoms with E-state index in [1.165, 1.54) is 6.42 Å². The van der Waals surface area contributed by atoms with Gasteiger partial charge in [-0.3, -0.25) is 0 Å². The third kappa shape index (κ3) is 2.51. The Kier molecular flexibility index (Phi) is 3.29. The third-order valence-electron chi connectivity index (χ3n) is 3.19. The van der Waals surface area contributed by atoms with E-state index in [1.807, 2.05) is 6.07 Å². The SMILES string of the molecule is CC(C)C1CCN(c2cccc(Br)n2)C1. The summed E-state index contributed by atoms with van der Waals surface area (Å²) < 4.78 is 0.924. The zero-order valence-electron chi connectivity index (χ0n) is 9.28. The van der Waals surface area contributed by atoms with Crippen LogP contribution in [-0.2, 0) is 0 Å². The summed E-state index contributed by atoms with van der Waals surface area (Å²) in [6, 6.07) is 6.11. The second-order valence-electron chi connectivity index (χ2n) is 4.56. The van der Waals surface area contributed by atoms with Crippen LogP contribution in [0.3, 0.4) is 0 Å². The summed E-state index contributed by atoms with van der Waals surface area (Å²) in [6.07, 6.45) is 1.30. The van der Waals surface area contributed by atoms with E-state index in [2.05, 4.69) is 51.8 Å². The average molecular weight is 269 g/mol. The predicted molar refractivity (Wildman–Crippen MR) is 67.1 cm³/mol. The summed E-state index contributed by atoms with van der Waals surface area (Å²) in [4.78, 5) is 6.88. The lowest BCUT2D eigenvalue weighted by Crippen LogP contribution is -2.22. The molecule has 1 aromatic heterocycles. The van der Waals surface area contributed by atoms with Gasteiger partial charge in [0, 0.05) is 13.1 Å². The van der Waals surface area contributed by atoms with Gasteiger partial charge in [0.2, 0.25) is 0 Å². The molecule has 1 aliphatic rings. The molecule has 1 fully saturated rings. The van der Waals surface area contributed by atoms with E-state index in [0.717, 1.165) is 35.3 Å². The molecule has 0 saturated carbocycles. The lowest BCUT2D eigenvalue weighted by Gasteiger charge is -2.18. The highest BCUT2D eigenvalue weighted by Gasteiger charge is 2.25. The maximum atomic E-state index is 4.49. The Morgan fingerprint density at radius 1 is 1.47 bits per heavy atom. The standard InChI is InChI=1S/C12H17BrN2/c1-9(2)10-6-7-15(8-10)12-5-3-4-11(13)14-12/h3-5,9-10H,6-8H2,1-2H3. The summed E-state index contributed by atoms with van der Waals surface area (Å²) in [7, 11) is 0. The van der Waals surface area contributed by atoms with Gasteiger partial charge in [-0.1, -0.05) is 19.9 Å². The van der Waals surface area contributed by atoms with Crippen LogP contribution in [0.15, 0.2) is 22.8 Å². The predicted octanol–water partition coefficient (Wildman–Crippen LogP) is 3.33. The lowest BCUT2D eigenvalue weighted by molar-refractivity contribution is 0.422. The number of anilines is 1. The van der Waals surface area contributed by atoms with Crippen LogP contribution >= 0.6 is 15.9 Å². The van der Waals surface area contributed by atoms with Gasteiger partial charge in [-0.15, -0.1) is 0 Å². The molecule has 0 spiro atoms. The van der Waals surface area contributed by atoms with Gasteiger partial charge in [0.25, 0.3) is 0 Å². The first-order valence-electron chi connectivity index (χ1n) is 5.54. The molecule has 0 N–H and O–H groups in total. The topological polar surface area (TPSA) is 16.1 Å². The smallest absolute Gasteiger partial charge is 0.129 e. The monoisotopic (exact) mass is 268 g/mol. The average Bonchev–Trinajstić information content (AvgIpc) is 2.66. The van der Waals surface area contributed by atoms with Crippen molar-refractivity contribution in [2.75, 3.05) is 18.0 Å². The summed E-state index contributed by atoms with van der Waals surface area (Å²) in [5, 5.41) is 0. The van der Waals surface area contributed by atoms with Gasteiger partial charge in [0.1, 0.15) is 10.4 Å². The van der Waals surface area contributed by atoms with Crippen molar-refractivity contribution < 1.29 is 0 Å². The third-order valence-corrected chi connectivity index (χ3v) is 3.63. The Balaban J connectivity index is 2.08. The molecule has 0 aromatic carbocycles. The molecule has 1 atom stereocenters. The Morgan fingerprint density at radius 3 is 2.87 bits per heavy atom. The van der Waals surface area contributed by atoms with Crippen molar-refractivity contribution in [3.63, 3.8) is 0 Å². The van der Waals surface area contributed by atoms with Crippen LogP contribution in [0.2, 0.25) is 0 Å². The van der Waals surface area contributed by atoms with E-state index in [-0.39, 0.29) is 0 Å². The van der Waals surface area contributed by atoms with Crippen LogP contribution in [0.4, 0.5) is 5.82 Å². The van der Waals surface area contributed by atoms with Gasteiger partial charge in [0.15, 0.2) is 0 Å². The van der Waals surface area contributed by atoms with E-state index in [0.29, 0.717) is 0 Å².